The lowest BCUT2D eigenvalue weighted by atomic mass is 9.67. The molecular formula is C17H31NO. The van der Waals surface area contributed by atoms with Crippen LogP contribution in [0.5, 0.6) is 0 Å². The number of nitrogens with one attached hydrogen (secondary N) is 1. The summed E-state index contributed by atoms with van der Waals surface area (Å²) in [5, 5.41) is 2.69. The van der Waals surface area contributed by atoms with Gasteiger partial charge in [-0.1, -0.05) is 33.8 Å². The lowest BCUT2D eigenvalue weighted by Crippen LogP contribution is -2.28. The highest BCUT2D eigenvalue weighted by molar-refractivity contribution is 5.92. The molecular weight excluding hydrogens is 234 g/mol. The Hall–Kier alpha value is -0.790. The number of rotatable bonds is 3. The largest absolute Gasteiger partial charge is 0.355 e. The second-order valence-corrected chi connectivity index (χ2v) is 7.27. The minimum absolute atomic E-state index is 0.0511. The number of hydrogen-bond donors (Lipinski definition) is 1. The zero-order chi connectivity index (χ0) is 14.6. The first kappa shape index (κ1) is 16.3. The summed E-state index contributed by atoms with van der Waals surface area (Å²) in [6.45, 7) is 11.2. The fourth-order valence-corrected chi connectivity index (χ4v) is 3.31. The van der Waals surface area contributed by atoms with Crippen molar-refractivity contribution >= 4 is 5.91 Å². The molecule has 0 spiro atoms. The fourth-order valence-electron chi connectivity index (χ4n) is 3.31. The molecule has 1 saturated carbocycles. The monoisotopic (exact) mass is 265 g/mol. The van der Waals surface area contributed by atoms with E-state index in [9.17, 15) is 4.79 Å². The molecule has 0 saturated heterocycles. The van der Waals surface area contributed by atoms with E-state index in [4.69, 9.17) is 0 Å². The minimum atomic E-state index is 0.0511. The van der Waals surface area contributed by atoms with Gasteiger partial charge < -0.3 is 5.32 Å². The topological polar surface area (TPSA) is 29.1 Å². The molecule has 1 rings (SSSR count). The van der Waals surface area contributed by atoms with Crippen LogP contribution in [0.1, 0.15) is 60.3 Å². The molecule has 1 N–H and O–H groups in total. The van der Waals surface area contributed by atoms with E-state index in [1.807, 2.05) is 6.92 Å². The van der Waals surface area contributed by atoms with E-state index in [0.29, 0.717) is 11.3 Å². The average molecular weight is 265 g/mol. The molecule has 1 unspecified atom stereocenters. The van der Waals surface area contributed by atoms with Crippen LogP contribution in [0.15, 0.2) is 11.6 Å². The number of hydrogen-bond acceptors (Lipinski definition) is 1. The van der Waals surface area contributed by atoms with Crippen LogP contribution in [0, 0.1) is 23.2 Å². The second kappa shape index (κ2) is 6.58. The second-order valence-electron chi connectivity index (χ2n) is 7.27. The lowest BCUT2D eigenvalue weighted by Gasteiger charge is -2.38. The number of amides is 1. The summed E-state index contributed by atoms with van der Waals surface area (Å²) in [6, 6.07) is 0. The summed E-state index contributed by atoms with van der Waals surface area (Å²) < 4.78 is 0. The Morgan fingerprint density at radius 1 is 1.21 bits per heavy atom. The van der Waals surface area contributed by atoms with Gasteiger partial charge in [-0.05, 0) is 55.8 Å². The Balaban J connectivity index is 2.54. The first-order valence-electron chi connectivity index (χ1n) is 7.66. The summed E-state index contributed by atoms with van der Waals surface area (Å²) in [5.41, 5.74) is 1.30. The number of carbonyl (C=O) groups excluding carboxylic acids is 1. The van der Waals surface area contributed by atoms with E-state index in [0.717, 1.165) is 17.4 Å². The predicted molar refractivity (Wildman–Crippen MR) is 81.9 cm³/mol. The van der Waals surface area contributed by atoms with Crippen molar-refractivity contribution in [3.63, 3.8) is 0 Å². The molecule has 0 aromatic heterocycles. The summed E-state index contributed by atoms with van der Waals surface area (Å²) in [5.74, 6) is 2.17. The molecule has 2 nitrogen and oxygen atoms in total. The molecule has 0 heterocycles. The maximum absolute atomic E-state index is 11.5. The standard InChI is InChI=1S/C17H31NO/c1-12(11-13(2)16(19)18-6)14-7-9-15(10-8-14)17(3,4)5/h11-12,14-15H,7-10H2,1-6H3,(H,18,19)/b13-11+. The fraction of sp³-hybridized carbons (Fsp3) is 0.824. The van der Waals surface area contributed by atoms with Crippen molar-refractivity contribution in [1.82, 2.24) is 5.32 Å². The highest BCUT2D eigenvalue weighted by atomic mass is 16.1. The molecule has 2 heteroatoms. The van der Waals surface area contributed by atoms with Crippen molar-refractivity contribution in [3.8, 4) is 0 Å². The predicted octanol–water partition coefficient (Wildman–Crippen LogP) is 4.17. The highest BCUT2D eigenvalue weighted by Gasteiger charge is 2.31. The Morgan fingerprint density at radius 2 is 1.74 bits per heavy atom. The van der Waals surface area contributed by atoms with Crippen LogP contribution in [0.3, 0.4) is 0 Å². The van der Waals surface area contributed by atoms with E-state index in [1.165, 1.54) is 25.7 Å². The quantitative estimate of drug-likeness (QED) is 0.762. The van der Waals surface area contributed by atoms with Crippen molar-refractivity contribution in [2.75, 3.05) is 7.05 Å². The smallest absolute Gasteiger partial charge is 0.246 e. The van der Waals surface area contributed by atoms with Crippen LogP contribution in [0.4, 0.5) is 0 Å². The third kappa shape index (κ3) is 4.67. The van der Waals surface area contributed by atoms with Gasteiger partial charge in [-0.25, -0.2) is 0 Å². The first-order chi connectivity index (χ1) is 8.75. The van der Waals surface area contributed by atoms with Gasteiger partial charge in [-0.2, -0.15) is 0 Å². The van der Waals surface area contributed by atoms with Gasteiger partial charge in [0.2, 0.25) is 5.91 Å². The van der Waals surface area contributed by atoms with Crippen LogP contribution < -0.4 is 5.32 Å². The molecule has 110 valence electrons. The van der Waals surface area contributed by atoms with Crippen molar-refractivity contribution in [2.45, 2.75) is 60.3 Å². The van der Waals surface area contributed by atoms with E-state index in [1.54, 1.807) is 7.05 Å². The molecule has 0 aromatic carbocycles. The maximum atomic E-state index is 11.5. The number of likely N-dealkylation sites (N-methyl/N-ethyl adjacent to an activating group) is 1. The van der Waals surface area contributed by atoms with Gasteiger partial charge in [0.05, 0.1) is 0 Å². The number of carbonyl (C=O) groups is 1. The molecule has 0 bridgehead atoms. The van der Waals surface area contributed by atoms with E-state index in [-0.39, 0.29) is 5.91 Å². The van der Waals surface area contributed by atoms with Gasteiger partial charge in [0, 0.05) is 12.6 Å². The molecule has 1 amide bonds. The third-order valence-corrected chi connectivity index (χ3v) is 4.84. The average Bonchev–Trinajstić information content (AvgIpc) is 2.36. The van der Waals surface area contributed by atoms with Gasteiger partial charge in [0.25, 0.3) is 0 Å². The van der Waals surface area contributed by atoms with Gasteiger partial charge >= 0.3 is 0 Å². The first-order valence-corrected chi connectivity index (χ1v) is 7.66. The molecule has 19 heavy (non-hydrogen) atoms. The van der Waals surface area contributed by atoms with Gasteiger partial charge in [-0.3, -0.25) is 4.79 Å². The van der Waals surface area contributed by atoms with E-state index >= 15 is 0 Å². The normalized spacial score (nSPS) is 26.9. The van der Waals surface area contributed by atoms with Crippen LogP contribution in [-0.2, 0) is 4.79 Å². The van der Waals surface area contributed by atoms with Gasteiger partial charge in [-0.15, -0.1) is 0 Å². The Bertz CT molecular complexity index is 330. The van der Waals surface area contributed by atoms with Crippen LogP contribution in [0.2, 0.25) is 0 Å². The highest BCUT2D eigenvalue weighted by Crippen LogP contribution is 2.42. The molecule has 1 atom stereocenters. The van der Waals surface area contributed by atoms with Crippen molar-refractivity contribution in [2.24, 2.45) is 23.2 Å². The van der Waals surface area contributed by atoms with Gasteiger partial charge in [0.15, 0.2) is 0 Å². The summed E-state index contributed by atoms with van der Waals surface area (Å²) in [7, 11) is 1.69. The summed E-state index contributed by atoms with van der Waals surface area (Å²) >= 11 is 0. The lowest BCUT2D eigenvalue weighted by molar-refractivity contribution is -0.117. The van der Waals surface area contributed by atoms with E-state index < -0.39 is 0 Å². The van der Waals surface area contributed by atoms with Crippen molar-refractivity contribution in [3.05, 3.63) is 11.6 Å². The summed E-state index contributed by atoms with van der Waals surface area (Å²) in [6.07, 6.45) is 7.44. The third-order valence-electron chi connectivity index (χ3n) is 4.84. The van der Waals surface area contributed by atoms with Crippen LogP contribution in [-0.4, -0.2) is 13.0 Å². The Kier molecular flexibility index (Phi) is 5.64. The number of allylic oxidation sites excluding steroid dienone is 1. The molecule has 1 aliphatic rings. The van der Waals surface area contributed by atoms with Crippen molar-refractivity contribution < 1.29 is 4.79 Å². The van der Waals surface area contributed by atoms with E-state index in [2.05, 4.69) is 39.1 Å². The molecule has 1 aliphatic carbocycles. The Morgan fingerprint density at radius 3 is 2.16 bits per heavy atom. The molecule has 0 aromatic rings. The SMILES string of the molecule is CNC(=O)/C(C)=C/C(C)C1CCC(C(C)(C)C)CC1. The molecule has 0 aliphatic heterocycles. The van der Waals surface area contributed by atoms with Crippen LogP contribution in [0.25, 0.3) is 0 Å². The summed E-state index contributed by atoms with van der Waals surface area (Å²) in [4.78, 5) is 11.5. The Labute approximate surface area is 119 Å². The molecule has 0 radical (unpaired) electrons. The van der Waals surface area contributed by atoms with Gasteiger partial charge in [0.1, 0.15) is 0 Å². The molecule has 1 fully saturated rings. The van der Waals surface area contributed by atoms with Crippen molar-refractivity contribution in [1.29, 1.82) is 0 Å². The minimum Gasteiger partial charge on any atom is -0.355 e. The maximum Gasteiger partial charge on any atom is 0.246 e. The van der Waals surface area contributed by atoms with Crippen LogP contribution >= 0.6 is 0 Å². The zero-order valence-corrected chi connectivity index (χ0v) is 13.5. The zero-order valence-electron chi connectivity index (χ0n) is 13.5.